The summed E-state index contributed by atoms with van der Waals surface area (Å²) < 4.78 is 0. The number of carbonyl (C=O) groups excluding carboxylic acids is 1. The summed E-state index contributed by atoms with van der Waals surface area (Å²) >= 11 is 0. The zero-order valence-electron chi connectivity index (χ0n) is 15.2. The zero-order valence-corrected chi connectivity index (χ0v) is 15.2. The Labute approximate surface area is 150 Å². The smallest absolute Gasteiger partial charge is 0.224 e. The molecule has 0 bridgehead atoms. The molecule has 1 aromatic carbocycles. The minimum Gasteiger partial charge on any atom is -0.355 e. The molecule has 4 heteroatoms. The van der Waals surface area contributed by atoms with Crippen molar-refractivity contribution in [2.24, 2.45) is 5.92 Å². The van der Waals surface area contributed by atoms with Gasteiger partial charge in [-0.05, 0) is 61.1 Å². The number of hydrogen-bond acceptors (Lipinski definition) is 3. The summed E-state index contributed by atoms with van der Waals surface area (Å²) in [7, 11) is 0. The molecule has 0 unspecified atom stereocenters. The Hall–Kier alpha value is -2.20. The first kappa shape index (κ1) is 17.6. The van der Waals surface area contributed by atoms with Crippen molar-refractivity contribution < 1.29 is 4.79 Å². The largest absolute Gasteiger partial charge is 0.355 e. The number of aromatic nitrogens is 1. The third-order valence-corrected chi connectivity index (χ3v) is 5.02. The molecular formula is C21H27N3O. The van der Waals surface area contributed by atoms with Crippen molar-refractivity contribution in [3.05, 3.63) is 65.0 Å². The quantitative estimate of drug-likeness (QED) is 0.881. The van der Waals surface area contributed by atoms with Gasteiger partial charge in [-0.25, -0.2) is 0 Å². The Morgan fingerprint density at radius 3 is 2.88 bits per heavy atom. The van der Waals surface area contributed by atoms with Crippen molar-refractivity contribution in [3.8, 4) is 0 Å². The molecule has 1 fully saturated rings. The van der Waals surface area contributed by atoms with E-state index in [0.717, 1.165) is 38.2 Å². The number of nitrogens with zero attached hydrogens (tertiary/aromatic N) is 2. The number of hydrogen-bond donors (Lipinski definition) is 1. The lowest BCUT2D eigenvalue weighted by molar-refractivity contribution is -0.120. The van der Waals surface area contributed by atoms with Crippen LogP contribution >= 0.6 is 0 Å². The second kappa shape index (κ2) is 8.26. The van der Waals surface area contributed by atoms with Crippen LogP contribution in [0.15, 0.2) is 42.7 Å². The van der Waals surface area contributed by atoms with E-state index in [4.69, 9.17) is 0 Å². The molecule has 1 saturated heterocycles. The van der Waals surface area contributed by atoms with Gasteiger partial charge in [0.25, 0.3) is 0 Å². The van der Waals surface area contributed by atoms with E-state index in [1.807, 2.05) is 12.1 Å². The van der Waals surface area contributed by atoms with E-state index in [2.05, 4.69) is 47.2 Å². The second-order valence-electron chi connectivity index (χ2n) is 7.15. The molecule has 1 aromatic heterocycles. The Balaban J connectivity index is 1.42. The lowest BCUT2D eigenvalue weighted by atomic mass is 10.1. The summed E-state index contributed by atoms with van der Waals surface area (Å²) in [6, 6.07) is 10.5. The lowest BCUT2D eigenvalue weighted by Crippen LogP contribution is -2.32. The lowest BCUT2D eigenvalue weighted by Gasteiger charge is -2.17. The van der Waals surface area contributed by atoms with Gasteiger partial charge in [0.2, 0.25) is 5.91 Å². The van der Waals surface area contributed by atoms with E-state index in [0.29, 0.717) is 12.3 Å². The van der Waals surface area contributed by atoms with Gasteiger partial charge in [0.1, 0.15) is 0 Å². The molecule has 0 radical (unpaired) electrons. The molecule has 0 saturated carbocycles. The average Bonchev–Trinajstić information content (AvgIpc) is 3.05. The normalized spacial score (nSPS) is 17.6. The summed E-state index contributed by atoms with van der Waals surface area (Å²) in [5.41, 5.74) is 5.04. The monoisotopic (exact) mass is 337 g/mol. The van der Waals surface area contributed by atoms with Gasteiger partial charge < -0.3 is 5.32 Å². The summed E-state index contributed by atoms with van der Waals surface area (Å²) in [6.45, 7) is 8.25. The van der Waals surface area contributed by atoms with Gasteiger partial charge in [0, 0.05) is 32.0 Å². The van der Waals surface area contributed by atoms with E-state index >= 15 is 0 Å². The van der Waals surface area contributed by atoms with Crippen LogP contribution in [0.2, 0.25) is 0 Å². The highest BCUT2D eigenvalue weighted by atomic mass is 16.1. The van der Waals surface area contributed by atoms with Gasteiger partial charge >= 0.3 is 0 Å². The van der Waals surface area contributed by atoms with Crippen molar-refractivity contribution in [1.82, 2.24) is 15.2 Å². The maximum Gasteiger partial charge on any atom is 0.224 e. The number of benzene rings is 1. The molecule has 1 aliphatic heterocycles. The van der Waals surface area contributed by atoms with E-state index in [1.54, 1.807) is 12.4 Å². The predicted octanol–water partition coefficient (Wildman–Crippen LogP) is 2.88. The zero-order chi connectivity index (χ0) is 17.6. The third kappa shape index (κ3) is 5.13. The molecular weight excluding hydrogens is 310 g/mol. The highest BCUT2D eigenvalue weighted by Gasteiger charge is 2.22. The first-order valence-corrected chi connectivity index (χ1v) is 9.04. The minimum atomic E-state index is 0.0839. The first-order valence-electron chi connectivity index (χ1n) is 9.04. The Morgan fingerprint density at radius 2 is 2.12 bits per heavy atom. The van der Waals surface area contributed by atoms with Crippen molar-refractivity contribution >= 4 is 5.91 Å². The number of aryl methyl sites for hydroxylation is 2. The second-order valence-corrected chi connectivity index (χ2v) is 7.15. The average molecular weight is 337 g/mol. The van der Waals surface area contributed by atoms with Crippen LogP contribution in [0.3, 0.4) is 0 Å². The van der Waals surface area contributed by atoms with E-state index in [-0.39, 0.29) is 5.91 Å². The molecule has 1 atom stereocenters. The number of rotatable bonds is 6. The standard InChI is InChI=1S/C21H27N3O/c1-16-5-6-19(10-17(16)2)14-24-9-7-20(15-24)13-23-21(25)11-18-4-3-8-22-12-18/h3-6,8,10,12,20H,7,9,11,13-15H2,1-2H3,(H,23,25)/t20-/m0/s1. The number of pyridine rings is 1. The maximum atomic E-state index is 12.1. The van der Waals surface area contributed by atoms with Crippen molar-refractivity contribution in [2.45, 2.75) is 33.2 Å². The number of nitrogens with one attached hydrogen (secondary N) is 1. The molecule has 1 aliphatic rings. The van der Waals surface area contributed by atoms with Crippen LogP contribution in [0.5, 0.6) is 0 Å². The van der Waals surface area contributed by atoms with Gasteiger partial charge in [-0.15, -0.1) is 0 Å². The number of amides is 1. The fourth-order valence-corrected chi connectivity index (χ4v) is 3.39. The SMILES string of the molecule is Cc1ccc(CN2CC[C@@H](CNC(=O)Cc3cccnc3)C2)cc1C. The Morgan fingerprint density at radius 1 is 1.24 bits per heavy atom. The summed E-state index contributed by atoms with van der Waals surface area (Å²) in [4.78, 5) is 18.6. The summed E-state index contributed by atoms with van der Waals surface area (Å²) in [5, 5.41) is 3.08. The molecule has 4 nitrogen and oxygen atoms in total. The molecule has 1 amide bonds. The van der Waals surface area contributed by atoms with Gasteiger partial charge in [-0.1, -0.05) is 24.3 Å². The fraction of sp³-hybridized carbons (Fsp3) is 0.429. The molecule has 132 valence electrons. The molecule has 0 spiro atoms. The van der Waals surface area contributed by atoms with E-state index in [1.165, 1.54) is 16.7 Å². The van der Waals surface area contributed by atoms with Crippen LogP contribution in [0.25, 0.3) is 0 Å². The van der Waals surface area contributed by atoms with Crippen LogP contribution in [-0.4, -0.2) is 35.4 Å². The third-order valence-electron chi connectivity index (χ3n) is 5.02. The fourth-order valence-electron chi connectivity index (χ4n) is 3.39. The minimum absolute atomic E-state index is 0.0839. The van der Waals surface area contributed by atoms with Crippen LogP contribution in [0, 0.1) is 19.8 Å². The predicted molar refractivity (Wildman–Crippen MR) is 100 cm³/mol. The molecule has 25 heavy (non-hydrogen) atoms. The van der Waals surface area contributed by atoms with Gasteiger partial charge in [-0.3, -0.25) is 14.7 Å². The van der Waals surface area contributed by atoms with Crippen LogP contribution < -0.4 is 5.32 Å². The van der Waals surface area contributed by atoms with E-state index < -0.39 is 0 Å². The van der Waals surface area contributed by atoms with E-state index in [9.17, 15) is 4.79 Å². The van der Waals surface area contributed by atoms with Gasteiger partial charge in [0.05, 0.1) is 6.42 Å². The highest BCUT2D eigenvalue weighted by molar-refractivity contribution is 5.78. The Kier molecular flexibility index (Phi) is 5.82. The van der Waals surface area contributed by atoms with Gasteiger partial charge in [0.15, 0.2) is 0 Å². The molecule has 0 aliphatic carbocycles. The van der Waals surface area contributed by atoms with Gasteiger partial charge in [-0.2, -0.15) is 0 Å². The summed E-state index contributed by atoms with van der Waals surface area (Å²) in [6.07, 6.45) is 5.04. The molecule has 2 heterocycles. The number of carbonyl (C=O) groups is 1. The van der Waals surface area contributed by atoms with Crippen molar-refractivity contribution in [2.75, 3.05) is 19.6 Å². The number of likely N-dealkylation sites (tertiary alicyclic amines) is 1. The first-order chi connectivity index (χ1) is 12.1. The van der Waals surface area contributed by atoms with Crippen molar-refractivity contribution in [3.63, 3.8) is 0 Å². The summed E-state index contributed by atoms with van der Waals surface area (Å²) in [5.74, 6) is 0.630. The molecule has 3 rings (SSSR count). The maximum absolute atomic E-state index is 12.1. The Bertz CT molecular complexity index is 714. The highest BCUT2D eigenvalue weighted by Crippen LogP contribution is 2.19. The van der Waals surface area contributed by atoms with Crippen molar-refractivity contribution in [1.29, 1.82) is 0 Å². The molecule has 1 N–H and O–H groups in total. The van der Waals surface area contributed by atoms with Crippen LogP contribution in [0.4, 0.5) is 0 Å². The topological polar surface area (TPSA) is 45.2 Å². The van der Waals surface area contributed by atoms with Crippen LogP contribution in [0.1, 0.15) is 28.7 Å². The molecule has 2 aromatic rings. The van der Waals surface area contributed by atoms with Crippen LogP contribution in [-0.2, 0) is 17.8 Å².